The maximum Gasteiger partial charge on any atom is 0.269 e. The van der Waals surface area contributed by atoms with Gasteiger partial charge in [0.25, 0.3) is 5.56 Å². The van der Waals surface area contributed by atoms with Gasteiger partial charge in [-0.1, -0.05) is 19.1 Å². The molecule has 0 saturated carbocycles. The van der Waals surface area contributed by atoms with Gasteiger partial charge >= 0.3 is 0 Å². The molecule has 112 valence electrons. The normalized spacial score (nSPS) is 11.1. The lowest BCUT2D eigenvalue weighted by Gasteiger charge is -2.14. The summed E-state index contributed by atoms with van der Waals surface area (Å²) < 4.78 is 42.8. The molecule has 22 heavy (non-hydrogen) atoms. The summed E-state index contributed by atoms with van der Waals surface area (Å²) in [7, 11) is 0. The maximum absolute atomic E-state index is 14.0. The van der Waals surface area contributed by atoms with Crippen molar-refractivity contribution in [1.82, 2.24) is 9.55 Å². The number of rotatable bonds is 2. The van der Waals surface area contributed by atoms with E-state index < -0.39 is 28.7 Å². The van der Waals surface area contributed by atoms with E-state index in [-0.39, 0.29) is 23.1 Å². The molecule has 3 rings (SSSR count). The summed E-state index contributed by atoms with van der Waals surface area (Å²) in [5.41, 5.74) is -1.21. The molecule has 3 aromatic rings. The molecule has 0 aliphatic carbocycles. The molecule has 3 nitrogen and oxygen atoms in total. The van der Waals surface area contributed by atoms with Gasteiger partial charge in [-0.2, -0.15) is 0 Å². The number of nitrogens with zero attached hydrogens (tertiary/aromatic N) is 2. The van der Waals surface area contributed by atoms with Gasteiger partial charge in [0.1, 0.15) is 34.3 Å². The third-order valence-corrected chi connectivity index (χ3v) is 3.39. The van der Waals surface area contributed by atoms with Crippen molar-refractivity contribution in [2.75, 3.05) is 0 Å². The van der Waals surface area contributed by atoms with Crippen molar-refractivity contribution in [2.24, 2.45) is 0 Å². The lowest BCUT2D eigenvalue weighted by molar-refractivity contribution is 0.561. The number of fused-ring (bicyclic) bond motifs is 1. The molecule has 0 unspecified atom stereocenters. The van der Waals surface area contributed by atoms with Crippen LogP contribution in [0.25, 0.3) is 16.6 Å². The highest BCUT2D eigenvalue weighted by Crippen LogP contribution is 2.20. The largest absolute Gasteiger partial charge is 0.269 e. The Kier molecular flexibility index (Phi) is 3.44. The van der Waals surface area contributed by atoms with Crippen LogP contribution in [0.3, 0.4) is 0 Å². The fourth-order valence-electron chi connectivity index (χ4n) is 2.41. The van der Waals surface area contributed by atoms with Crippen LogP contribution < -0.4 is 5.56 Å². The predicted octanol–water partition coefficient (Wildman–Crippen LogP) is 3.37. The Morgan fingerprint density at radius 1 is 1.00 bits per heavy atom. The van der Waals surface area contributed by atoms with Crippen molar-refractivity contribution < 1.29 is 13.2 Å². The molecule has 0 aliphatic rings. The second-order valence-corrected chi connectivity index (χ2v) is 4.73. The number of para-hydroxylation sites is 1. The molecule has 1 aromatic heterocycles. The smallest absolute Gasteiger partial charge is 0.268 e. The fraction of sp³-hybridized carbons (Fsp3) is 0.125. The van der Waals surface area contributed by atoms with Crippen LogP contribution in [0.5, 0.6) is 0 Å². The lowest BCUT2D eigenvalue weighted by Crippen LogP contribution is -2.26. The molecule has 0 spiro atoms. The van der Waals surface area contributed by atoms with Crippen LogP contribution in [-0.4, -0.2) is 9.55 Å². The van der Waals surface area contributed by atoms with Crippen LogP contribution in [-0.2, 0) is 6.42 Å². The van der Waals surface area contributed by atoms with E-state index in [1.54, 1.807) is 6.92 Å². The van der Waals surface area contributed by atoms with Crippen LogP contribution in [0.15, 0.2) is 41.2 Å². The number of hydrogen-bond donors (Lipinski definition) is 0. The summed E-state index contributed by atoms with van der Waals surface area (Å²) in [5, 5.41) is -0.289. The first-order valence-electron chi connectivity index (χ1n) is 6.69. The molecular weight excluding hydrogens is 293 g/mol. The summed E-state index contributed by atoms with van der Waals surface area (Å²) in [4.78, 5) is 16.7. The average Bonchev–Trinajstić information content (AvgIpc) is 2.48. The Morgan fingerprint density at radius 3 is 2.23 bits per heavy atom. The first-order chi connectivity index (χ1) is 10.5. The zero-order valence-corrected chi connectivity index (χ0v) is 11.6. The van der Waals surface area contributed by atoms with Crippen molar-refractivity contribution in [3.8, 4) is 5.69 Å². The van der Waals surface area contributed by atoms with E-state index >= 15 is 0 Å². The first kappa shape index (κ1) is 14.3. The average molecular weight is 304 g/mol. The van der Waals surface area contributed by atoms with Gasteiger partial charge in [-0.25, -0.2) is 18.2 Å². The number of hydrogen-bond acceptors (Lipinski definition) is 2. The molecular formula is C16H11F3N2O. The molecule has 0 N–H and O–H groups in total. The molecule has 0 amide bonds. The molecule has 0 atom stereocenters. The molecule has 0 fully saturated rings. The third kappa shape index (κ3) is 2.07. The van der Waals surface area contributed by atoms with Gasteiger partial charge in [-0.15, -0.1) is 0 Å². The quantitative estimate of drug-likeness (QED) is 0.727. The van der Waals surface area contributed by atoms with E-state index in [0.29, 0.717) is 0 Å². The minimum atomic E-state index is -0.908. The summed E-state index contributed by atoms with van der Waals surface area (Å²) in [6.45, 7) is 1.70. The molecule has 1 heterocycles. The molecule has 0 aliphatic heterocycles. The van der Waals surface area contributed by atoms with Gasteiger partial charge in [0, 0.05) is 6.42 Å². The van der Waals surface area contributed by atoms with Crippen LogP contribution in [0.1, 0.15) is 12.7 Å². The molecule has 0 bridgehead atoms. The minimum absolute atomic E-state index is 0.159. The Hall–Kier alpha value is -2.63. The van der Waals surface area contributed by atoms with Gasteiger partial charge in [-0.3, -0.25) is 9.36 Å². The van der Waals surface area contributed by atoms with Crippen molar-refractivity contribution in [1.29, 1.82) is 0 Å². The Balaban J connectivity index is 2.51. The zero-order valence-electron chi connectivity index (χ0n) is 11.6. The van der Waals surface area contributed by atoms with E-state index in [9.17, 15) is 18.0 Å². The lowest BCUT2D eigenvalue weighted by atomic mass is 10.2. The standard InChI is InChI=1S/C16H11F3N2O/c1-2-13-20-12-8-4-5-9(17)14(12)16(22)21(13)15-10(18)6-3-7-11(15)19/h3-8H,2H2,1H3. The Labute approximate surface area is 123 Å². The Morgan fingerprint density at radius 2 is 1.59 bits per heavy atom. The summed E-state index contributed by atoms with van der Waals surface area (Å²) in [6.07, 6.45) is 0.259. The second kappa shape index (κ2) is 5.29. The SMILES string of the molecule is CCc1nc2cccc(F)c2c(=O)n1-c1c(F)cccc1F. The molecule has 0 saturated heterocycles. The molecule has 0 radical (unpaired) electrons. The van der Waals surface area contributed by atoms with Crippen molar-refractivity contribution in [3.05, 3.63) is 70.0 Å². The monoisotopic (exact) mass is 304 g/mol. The number of halogens is 3. The predicted molar refractivity (Wildman–Crippen MR) is 76.6 cm³/mol. The van der Waals surface area contributed by atoms with Crippen molar-refractivity contribution >= 4 is 10.9 Å². The van der Waals surface area contributed by atoms with Gasteiger partial charge in [0.15, 0.2) is 0 Å². The molecule has 6 heteroatoms. The number of benzene rings is 2. The zero-order chi connectivity index (χ0) is 15.9. The summed E-state index contributed by atoms with van der Waals surface area (Å²) in [6, 6.07) is 7.29. The van der Waals surface area contributed by atoms with Gasteiger partial charge in [-0.05, 0) is 24.3 Å². The highest BCUT2D eigenvalue weighted by atomic mass is 19.1. The van der Waals surface area contributed by atoms with Crippen LogP contribution in [0.2, 0.25) is 0 Å². The maximum atomic E-state index is 14.0. The van der Waals surface area contributed by atoms with E-state index in [0.717, 1.165) is 22.8 Å². The van der Waals surface area contributed by atoms with Crippen LogP contribution in [0.4, 0.5) is 13.2 Å². The first-order valence-corrected chi connectivity index (χ1v) is 6.69. The number of aromatic nitrogens is 2. The van der Waals surface area contributed by atoms with Crippen molar-refractivity contribution in [2.45, 2.75) is 13.3 Å². The summed E-state index contributed by atoms with van der Waals surface area (Å²) >= 11 is 0. The highest BCUT2D eigenvalue weighted by Gasteiger charge is 2.19. The second-order valence-electron chi connectivity index (χ2n) is 4.73. The van der Waals surface area contributed by atoms with E-state index in [1.807, 2.05) is 0 Å². The Bertz CT molecular complexity index is 914. The van der Waals surface area contributed by atoms with Gasteiger partial charge in [0.05, 0.1) is 5.52 Å². The van der Waals surface area contributed by atoms with E-state index in [1.165, 1.54) is 18.2 Å². The highest BCUT2D eigenvalue weighted by molar-refractivity contribution is 5.78. The molecule has 2 aromatic carbocycles. The summed E-state index contributed by atoms with van der Waals surface area (Å²) in [5.74, 6) is -2.43. The van der Waals surface area contributed by atoms with Crippen LogP contribution in [0, 0.1) is 17.5 Å². The van der Waals surface area contributed by atoms with Crippen molar-refractivity contribution in [3.63, 3.8) is 0 Å². The van der Waals surface area contributed by atoms with Crippen LogP contribution >= 0.6 is 0 Å². The minimum Gasteiger partial charge on any atom is -0.268 e. The van der Waals surface area contributed by atoms with Gasteiger partial charge in [0.2, 0.25) is 0 Å². The third-order valence-electron chi connectivity index (χ3n) is 3.39. The van der Waals surface area contributed by atoms with E-state index in [2.05, 4.69) is 4.98 Å². The topological polar surface area (TPSA) is 34.9 Å². The number of aryl methyl sites for hydroxylation is 1. The fourth-order valence-corrected chi connectivity index (χ4v) is 2.41. The van der Waals surface area contributed by atoms with Gasteiger partial charge < -0.3 is 0 Å². The van der Waals surface area contributed by atoms with E-state index in [4.69, 9.17) is 0 Å².